The van der Waals surface area contributed by atoms with E-state index in [1.165, 1.54) is 3.97 Å². The van der Waals surface area contributed by atoms with E-state index in [0.717, 1.165) is 47.1 Å². The number of aromatic nitrogens is 4. The summed E-state index contributed by atoms with van der Waals surface area (Å²) >= 11 is 0. The molecule has 10 nitrogen and oxygen atoms in total. The highest BCUT2D eigenvalue weighted by molar-refractivity contribution is 7.90. The Kier molecular flexibility index (Phi) is 7.56. The van der Waals surface area contributed by atoms with Crippen molar-refractivity contribution in [3.05, 3.63) is 77.6 Å². The summed E-state index contributed by atoms with van der Waals surface area (Å²) in [6, 6.07) is 14.0. The van der Waals surface area contributed by atoms with Crippen molar-refractivity contribution >= 4 is 37.9 Å². The first kappa shape index (κ1) is 28.1. The fourth-order valence-electron chi connectivity index (χ4n) is 5.68. The van der Waals surface area contributed by atoms with Gasteiger partial charge in [-0.2, -0.15) is 5.10 Å². The van der Waals surface area contributed by atoms with Crippen LogP contribution in [0.3, 0.4) is 0 Å². The number of carbonyl (C=O) groups excluding carboxylic acids is 1. The topological polar surface area (TPSA) is 111 Å². The number of morpholine rings is 1. The molecule has 1 N–H and O–H groups in total. The van der Waals surface area contributed by atoms with Gasteiger partial charge in [0.1, 0.15) is 0 Å². The number of benzene rings is 2. The molecule has 1 aliphatic rings. The molecule has 0 aliphatic carbocycles. The zero-order valence-corrected chi connectivity index (χ0v) is 24.8. The second kappa shape index (κ2) is 11.3. The Morgan fingerprint density at radius 3 is 2.57 bits per heavy atom. The lowest BCUT2D eigenvalue weighted by Crippen LogP contribution is -2.41. The minimum absolute atomic E-state index is 0.165. The van der Waals surface area contributed by atoms with Gasteiger partial charge < -0.3 is 10.1 Å². The van der Waals surface area contributed by atoms with E-state index in [0.29, 0.717) is 48.6 Å². The van der Waals surface area contributed by atoms with Crippen LogP contribution in [0.15, 0.2) is 65.8 Å². The fourth-order valence-corrected chi connectivity index (χ4v) is 7.20. The summed E-state index contributed by atoms with van der Waals surface area (Å²) in [4.78, 5) is 20.3. The van der Waals surface area contributed by atoms with Gasteiger partial charge in [-0.25, -0.2) is 17.4 Å². The Labute approximate surface area is 245 Å². The van der Waals surface area contributed by atoms with E-state index in [-0.39, 0.29) is 10.8 Å². The highest BCUT2D eigenvalue weighted by atomic mass is 32.2. The van der Waals surface area contributed by atoms with Crippen molar-refractivity contribution in [3.63, 3.8) is 0 Å². The predicted molar refractivity (Wildman–Crippen MR) is 162 cm³/mol. The van der Waals surface area contributed by atoms with Crippen molar-refractivity contribution in [2.45, 2.75) is 25.2 Å². The van der Waals surface area contributed by atoms with Crippen LogP contribution in [-0.2, 0) is 28.2 Å². The third kappa shape index (κ3) is 4.97. The molecule has 0 spiro atoms. The number of carbonyl (C=O) groups is 1. The van der Waals surface area contributed by atoms with Crippen LogP contribution in [0.2, 0.25) is 0 Å². The first-order valence-electron chi connectivity index (χ1n) is 14.1. The Balaban J connectivity index is 1.49. The third-order valence-corrected chi connectivity index (χ3v) is 9.57. The molecule has 11 heteroatoms. The van der Waals surface area contributed by atoms with Crippen LogP contribution in [0, 0.1) is 6.92 Å². The summed E-state index contributed by atoms with van der Waals surface area (Å²) in [6.45, 7) is 8.27. The molecule has 1 fully saturated rings. The Hall–Kier alpha value is -4.06. The minimum Gasteiger partial charge on any atom is -0.379 e. The van der Waals surface area contributed by atoms with Gasteiger partial charge in [0, 0.05) is 61.3 Å². The highest BCUT2D eigenvalue weighted by Crippen LogP contribution is 2.39. The van der Waals surface area contributed by atoms with Crippen LogP contribution < -0.4 is 5.32 Å². The van der Waals surface area contributed by atoms with Gasteiger partial charge >= 0.3 is 0 Å². The smallest absolute Gasteiger partial charge is 0.269 e. The van der Waals surface area contributed by atoms with Gasteiger partial charge in [0.05, 0.1) is 35.5 Å². The SMILES string of the molecule is CCc1c(-c2cccc(C(=O)NCCN3CCOCC3)c2)n(S(=O)(=O)c2ccc(C)cc2)c2ncc3cnn(C)c3c12. The summed E-state index contributed by atoms with van der Waals surface area (Å²) < 4.78 is 37.2. The van der Waals surface area contributed by atoms with Gasteiger partial charge in [0.2, 0.25) is 0 Å². The van der Waals surface area contributed by atoms with Crippen LogP contribution in [0.5, 0.6) is 0 Å². The molecular formula is C31H34N6O4S. The van der Waals surface area contributed by atoms with Crippen molar-refractivity contribution in [2.75, 3.05) is 39.4 Å². The lowest BCUT2D eigenvalue weighted by molar-refractivity contribution is 0.0383. The lowest BCUT2D eigenvalue weighted by Gasteiger charge is -2.26. The van der Waals surface area contributed by atoms with Crippen molar-refractivity contribution in [3.8, 4) is 11.3 Å². The Morgan fingerprint density at radius 2 is 1.83 bits per heavy atom. The van der Waals surface area contributed by atoms with Crippen molar-refractivity contribution in [1.82, 2.24) is 29.0 Å². The van der Waals surface area contributed by atoms with E-state index in [4.69, 9.17) is 4.74 Å². The molecule has 0 bridgehead atoms. The fraction of sp³-hybridized carbons (Fsp3) is 0.323. The molecule has 0 atom stereocenters. The average Bonchev–Trinajstić information content (AvgIpc) is 3.55. The number of hydrogen-bond donors (Lipinski definition) is 1. The van der Waals surface area contributed by atoms with E-state index in [2.05, 4.69) is 20.3 Å². The van der Waals surface area contributed by atoms with Gasteiger partial charge in [-0.3, -0.25) is 14.4 Å². The predicted octanol–water partition coefficient (Wildman–Crippen LogP) is 3.76. The second-order valence-corrected chi connectivity index (χ2v) is 12.4. The van der Waals surface area contributed by atoms with Crippen LogP contribution in [0.25, 0.3) is 33.2 Å². The minimum atomic E-state index is -4.07. The van der Waals surface area contributed by atoms with E-state index < -0.39 is 10.0 Å². The Morgan fingerprint density at radius 1 is 1.07 bits per heavy atom. The van der Waals surface area contributed by atoms with E-state index in [1.807, 2.05) is 27.0 Å². The number of amides is 1. The van der Waals surface area contributed by atoms with Crippen molar-refractivity contribution in [1.29, 1.82) is 0 Å². The summed E-state index contributed by atoms with van der Waals surface area (Å²) in [6.07, 6.45) is 3.94. The zero-order chi connectivity index (χ0) is 29.4. The number of rotatable bonds is 8. The number of nitrogens with one attached hydrogen (secondary N) is 1. The van der Waals surface area contributed by atoms with Crippen molar-refractivity contribution in [2.24, 2.45) is 7.05 Å². The number of ether oxygens (including phenoxy) is 1. The third-order valence-electron chi connectivity index (χ3n) is 7.86. The molecule has 2 aromatic carbocycles. The maximum Gasteiger partial charge on any atom is 0.269 e. The maximum atomic E-state index is 14.4. The molecule has 218 valence electrons. The van der Waals surface area contributed by atoms with Crippen LogP contribution in [0.1, 0.15) is 28.4 Å². The summed E-state index contributed by atoms with van der Waals surface area (Å²) in [5.74, 6) is -0.209. The molecule has 0 saturated carbocycles. The first-order chi connectivity index (χ1) is 20.3. The molecular weight excluding hydrogens is 552 g/mol. The summed E-state index contributed by atoms with van der Waals surface area (Å²) in [5, 5.41) is 8.99. The molecule has 1 aliphatic heterocycles. The molecule has 0 radical (unpaired) electrons. The van der Waals surface area contributed by atoms with Gasteiger partial charge in [0.25, 0.3) is 15.9 Å². The number of hydrogen-bond acceptors (Lipinski definition) is 7. The molecule has 6 rings (SSSR count). The van der Waals surface area contributed by atoms with E-state index >= 15 is 0 Å². The molecule has 4 heterocycles. The normalized spacial score (nSPS) is 14.5. The molecule has 3 aromatic heterocycles. The standard InChI is InChI=1S/C31H34N6O4S/c1-4-26-27-29-24(20-34-35(29)3)19-33-30(27)37(42(39,40)25-10-8-21(2)9-11-25)28(26)22-6-5-7-23(18-22)31(38)32-12-13-36-14-16-41-17-15-36/h5-11,18-20H,4,12-17H2,1-3H3,(H,32,38). The van der Waals surface area contributed by atoms with Crippen LogP contribution in [0.4, 0.5) is 0 Å². The maximum absolute atomic E-state index is 14.4. The highest BCUT2D eigenvalue weighted by Gasteiger charge is 2.30. The summed E-state index contributed by atoms with van der Waals surface area (Å²) in [5.41, 5.74) is 4.51. The number of aryl methyl sites for hydroxylation is 3. The quantitative estimate of drug-likeness (QED) is 0.295. The van der Waals surface area contributed by atoms with E-state index in [1.54, 1.807) is 59.5 Å². The molecule has 42 heavy (non-hydrogen) atoms. The number of pyridine rings is 1. The van der Waals surface area contributed by atoms with Crippen LogP contribution >= 0.6 is 0 Å². The van der Waals surface area contributed by atoms with Gasteiger partial charge in [0.15, 0.2) is 5.65 Å². The molecule has 1 saturated heterocycles. The van der Waals surface area contributed by atoms with Gasteiger partial charge in [-0.1, -0.05) is 36.8 Å². The lowest BCUT2D eigenvalue weighted by atomic mass is 10.0. The van der Waals surface area contributed by atoms with E-state index in [9.17, 15) is 13.2 Å². The molecule has 0 unspecified atom stereocenters. The largest absolute Gasteiger partial charge is 0.379 e. The Bertz CT molecular complexity index is 1890. The van der Waals surface area contributed by atoms with Crippen molar-refractivity contribution < 1.29 is 17.9 Å². The monoisotopic (exact) mass is 586 g/mol. The number of fused-ring (bicyclic) bond motifs is 3. The molecule has 1 amide bonds. The second-order valence-electron chi connectivity index (χ2n) is 10.6. The van der Waals surface area contributed by atoms with Gasteiger partial charge in [-0.05, 0) is 43.2 Å². The number of nitrogens with zero attached hydrogens (tertiary/aromatic N) is 5. The van der Waals surface area contributed by atoms with Gasteiger partial charge in [-0.15, -0.1) is 0 Å². The first-order valence-corrected chi connectivity index (χ1v) is 15.6. The molecule has 5 aromatic rings. The van der Waals surface area contributed by atoms with Crippen LogP contribution in [-0.4, -0.2) is 77.4 Å². The average molecular weight is 587 g/mol. The zero-order valence-electron chi connectivity index (χ0n) is 24.0. The summed E-state index contributed by atoms with van der Waals surface area (Å²) in [7, 11) is -2.22.